The van der Waals surface area contributed by atoms with Gasteiger partial charge in [-0.25, -0.2) is 0 Å². The normalized spacial score (nSPS) is 12.2. The Hall–Kier alpha value is -1.22. The Morgan fingerprint density at radius 3 is 2.47 bits per heavy atom. The van der Waals surface area contributed by atoms with Crippen LogP contribution in [0, 0.1) is 5.92 Å². The molecule has 0 aliphatic carbocycles. The predicted octanol–water partition coefficient (Wildman–Crippen LogP) is 2.51. The van der Waals surface area contributed by atoms with Crippen molar-refractivity contribution in [3.8, 4) is 5.75 Å². The molecular weight excluding hydrogens is 212 g/mol. The Labute approximate surface area is 105 Å². The third-order valence-electron chi connectivity index (χ3n) is 2.83. The first kappa shape index (κ1) is 13.8. The molecule has 0 aromatic heterocycles. The maximum Gasteiger partial charge on any atom is 0.119 e. The third-order valence-corrected chi connectivity index (χ3v) is 2.83. The van der Waals surface area contributed by atoms with Gasteiger partial charge >= 0.3 is 0 Å². The fraction of sp³-hybridized carbons (Fsp3) is 0.571. The van der Waals surface area contributed by atoms with Gasteiger partial charge in [-0.2, -0.15) is 0 Å². The molecule has 1 atom stereocenters. The monoisotopic (exact) mass is 236 g/mol. The number of anilines is 1. The molecule has 0 radical (unpaired) electrons. The first-order chi connectivity index (χ1) is 8.17. The van der Waals surface area contributed by atoms with E-state index >= 15 is 0 Å². The highest BCUT2D eigenvalue weighted by molar-refractivity contribution is 5.48. The quantitative estimate of drug-likeness (QED) is 0.790. The summed E-state index contributed by atoms with van der Waals surface area (Å²) < 4.78 is 5.43. The van der Waals surface area contributed by atoms with E-state index in [-0.39, 0.29) is 0 Å². The highest BCUT2D eigenvalue weighted by Crippen LogP contribution is 2.19. The maximum absolute atomic E-state index is 5.56. The van der Waals surface area contributed by atoms with Gasteiger partial charge < -0.3 is 15.4 Å². The van der Waals surface area contributed by atoms with Crippen LogP contribution in [0.2, 0.25) is 0 Å². The summed E-state index contributed by atoms with van der Waals surface area (Å²) in [5.74, 6) is 1.55. The van der Waals surface area contributed by atoms with E-state index in [2.05, 4.69) is 31.0 Å². The molecule has 0 fully saturated rings. The molecule has 3 nitrogen and oxygen atoms in total. The lowest BCUT2D eigenvalue weighted by Gasteiger charge is -2.23. The van der Waals surface area contributed by atoms with Crippen molar-refractivity contribution >= 4 is 5.69 Å². The summed E-state index contributed by atoms with van der Waals surface area (Å²) in [6.45, 7) is 6.73. The second-order valence-electron chi connectivity index (χ2n) is 4.49. The highest BCUT2D eigenvalue weighted by Gasteiger charge is 2.06. The molecule has 1 rings (SSSR count). The standard InChI is InChI=1S/C14H24N2O/c1-4-17-14-7-5-13(6-8-14)16(3)11-12(2)9-10-15/h5-8,12H,4,9-11,15H2,1-3H3. The number of benzene rings is 1. The number of rotatable bonds is 7. The van der Waals surface area contributed by atoms with Crippen molar-refractivity contribution in [2.45, 2.75) is 20.3 Å². The van der Waals surface area contributed by atoms with E-state index in [0.717, 1.165) is 25.3 Å². The van der Waals surface area contributed by atoms with E-state index < -0.39 is 0 Å². The molecule has 0 saturated carbocycles. The SMILES string of the molecule is CCOc1ccc(N(C)CC(C)CCN)cc1. The van der Waals surface area contributed by atoms with Crippen LogP contribution >= 0.6 is 0 Å². The largest absolute Gasteiger partial charge is 0.494 e. The molecule has 17 heavy (non-hydrogen) atoms. The second-order valence-corrected chi connectivity index (χ2v) is 4.49. The Bertz CT molecular complexity index is 311. The summed E-state index contributed by atoms with van der Waals surface area (Å²) in [5.41, 5.74) is 6.78. The van der Waals surface area contributed by atoms with E-state index in [1.165, 1.54) is 5.69 Å². The van der Waals surface area contributed by atoms with E-state index in [0.29, 0.717) is 12.5 Å². The van der Waals surface area contributed by atoms with E-state index in [9.17, 15) is 0 Å². The topological polar surface area (TPSA) is 38.5 Å². The molecule has 0 aliphatic rings. The summed E-state index contributed by atoms with van der Waals surface area (Å²) in [6, 6.07) is 8.23. The van der Waals surface area contributed by atoms with Crippen LogP contribution in [-0.4, -0.2) is 26.7 Å². The fourth-order valence-corrected chi connectivity index (χ4v) is 1.91. The Kier molecular flexibility index (Phi) is 5.84. The fourth-order valence-electron chi connectivity index (χ4n) is 1.91. The minimum Gasteiger partial charge on any atom is -0.494 e. The molecule has 3 heteroatoms. The van der Waals surface area contributed by atoms with Crippen LogP contribution < -0.4 is 15.4 Å². The minimum atomic E-state index is 0.622. The molecule has 96 valence electrons. The predicted molar refractivity (Wildman–Crippen MR) is 73.7 cm³/mol. The summed E-state index contributed by atoms with van der Waals surface area (Å²) in [4.78, 5) is 2.26. The van der Waals surface area contributed by atoms with Gasteiger partial charge in [-0.1, -0.05) is 6.92 Å². The summed E-state index contributed by atoms with van der Waals surface area (Å²) in [7, 11) is 2.11. The molecule has 0 aliphatic heterocycles. The Morgan fingerprint density at radius 2 is 1.94 bits per heavy atom. The molecule has 2 N–H and O–H groups in total. The summed E-state index contributed by atoms with van der Waals surface area (Å²) in [6.07, 6.45) is 1.07. The Balaban J connectivity index is 2.53. The zero-order chi connectivity index (χ0) is 12.7. The number of hydrogen-bond donors (Lipinski definition) is 1. The van der Waals surface area contributed by atoms with Gasteiger partial charge in [-0.05, 0) is 50.1 Å². The van der Waals surface area contributed by atoms with Gasteiger partial charge in [-0.3, -0.25) is 0 Å². The lowest BCUT2D eigenvalue weighted by Crippen LogP contribution is -2.25. The van der Waals surface area contributed by atoms with Crippen molar-refractivity contribution in [3.05, 3.63) is 24.3 Å². The first-order valence-electron chi connectivity index (χ1n) is 6.31. The average Bonchev–Trinajstić information content (AvgIpc) is 2.30. The van der Waals surface area contributed by atoms with E-state index in [4.69, 9.17) is 10.5 Å². The zero-order valence-corrected chi connectivity index (χ0v) is 11.1. The highest BCUT2D eigenvalue weighted by atomic mass is 16.5. The molecule has 0 saturated heterocycles. The maximum atomic E-state index is 5.56. The van der Waals surface area contributed by atoms with Crippen LogP contribution in [0.1, 0.15) is 20.3 Å². The molecule has 0 heterocycles. The van der Waals surface area contributed by atoms with Crippen LogP contribution in [-0.2, 0) is 0 Å². The van der Waals surface area contributed by atoms with Crippen molar-refractivity contribution in [1.29, 1.82) is 0 Å². The van der Waals surface area contributed by atoms with Crippen LogP contribution in [0.5, 0.6) is 5.75 Å². The van der Waals surface area contributed by atoms with Gasteiger partial charge in [0.2, 0.25) is 0 Å². The van der Waals surface area contributed by atoms with Gasteiger partial charge in [0, 0.05) is 19.3 Å². The van der Waals surface area contributed by atoms with Crippen molar-refractivity contribution in [1.82, 2.24) is 0 Å². The second kappa shape index (κ2) is 7.17. The molecule has 1 aromatic rings. The van der Waals surface area contributed by atoms with Crippen molar-refractivity contribution in [2.75, 3.05) is 31.6 Å². The van der Waals surface area contributed by atoms with Crippen LogP contribution in [0.25, 0.3) is 0 Å². The molecule has 1 aromatic carbocycles. The van der Waals surface area contributed by atoms with Gasteiger partial charge in [0.15, 0.2) is 0 Å². The Morgan fingerprint density at radius 1 is 1.29 bits per heavy atom. The summed E-state index contributed by atoms with van der Waals surface area (Å²) >= 11 is 0. The summed E-state index contributed by atoms with van der Waals surface area (Å²) in [5, 5.41) is 0. The van der Waals surface area contributed by atoms with Gasteiger partial charge in [0.1, 0.15) is 5.75 Å². The number of nitrogens with zero attached hydrogens (tertiary/aromatic N) is 1. The number of ether oxygens (including phenoxy) is 1. The van der Waals surface area contributed by atoms with Gasteiger partial charge in [0.05, 0.1) is 6.61 Å². The smallest absolute Gasteiger partial charge is 0.119 e. The molecule has 0 bridgehead atoms. The average molecular weight is 236 g/mol. The van der Waals surface area contributed by atoms with Crippen molar-refractivity contribution in [3.63, 3.8) is 0 Å². The lowest BCUT2D eigenvalue weighted by molar-refractivity contribution is 0.340. The molecule has 1 unspecified atom stereocenters. The van der Waals surface area contributed by atoms with Crippen LogP contribution in [0.4, 0.5) is 5.69 Å². The zero-order valence-electron chi connectivity index (χ0n) is 11.1. The third kappa shape index (κ3) is 4.65. The van der Waals surface area contributed by atoms with Gasteiger partial charge in [0.25, 0.3) is 0 Å². The number of nitrogens with two attached hydrogens (primary N) is 1. The number of hydrogen-bond acceptors (Lipinski definition) is 3. The van der Waals surface area contributed by atoms with Crippen LogP contribution in [0.3, 0.4) is 0 Å². The molecule has 0 spiro atoms. The van der Waals surface area contributed by atoms with Crippen molar-refractivity contribution < 1.29 is 4.74 Å². The first-order valence-corrected chi connectivity index (χ1v) is 6.31. The van der Waals surface area contributed by atoms with E-state index in [1.807, 2.05) is 19.1 Å². The molecule has 0 amide bonds. The van der Waals surface area contributed by atoms with E-state index in [1.54, 1.807) is 0 Å². The minimum absolute atomic E-state index is 0.622. The van der Waals surface area contributed by atoms with Crippen LogP contribution in [0.15, 0.2) is 24.3 Å². The lowest BCUT2D eigenvalue weighted by atomic mass is 10.1. The van der Waals surface area contributed by atoms with Gasteiger partial charge in [-0.15, -0.1) is 0 Å². The van der Waals surface area contributed by atoms with Crippen molar-refractivity contribution in [2.24, 2.45) is 11.7 Å². The molecular formula is C14H24N2O.